The van der Waals surface area contributed by atoms with E-state index in [4.69, 9.17) is 4.74 Å². The molecule has 7 heteroatoms. The molecule has 2 heterocycles. The lowest BCUT2D eigenvalue weighted by Gasteiger charge is -2.03. The summed E-state index contributed by atoms with van der Waals surface area (Å²) in [5.74, 6) is 0.516. The molecule has 2 aromatic rings. The van der Waals surface area contributed by atoms with Crippen LogP contribution in [0.4, 0.5) is 0 Å². The third-order valence-electron chi connectivity index (χ3n) is 1.88. The van der Waals surface area contributed by atoms with Gasteiger partial charge in [-0.15, -0.1) is 11.3 Å². The van der Waals surface area contributed by atoms with E-state index in [-0.39, 0.29) is 12.2 Å². The van der Waals surface area contributed by atoms with Crippen LogP contribution in [0.15, 0.2) is 21.0 Å². The fourth-order valence-electron chi connectivity index (χ4n) is 1.19. The maximum absolute atomic E-state index is 11.6. The minimum absolute atomic E-state index is 0.217. The van der Waals surface area contributed by atoms with E-state index in [1.54, 1.807) is 18.8 Å². The number of nitrogens with one attached hydrogen (secondary N) is 1. The highest BCUT2D eigenvalue weighted by atomic mass is 79.9. The van der Waals surface area contributed by atoms with E-state index >= 15 is 0 Å². The van der Waals surface area contributed by atoms with Crippen molar-refractivity contribution in [2.24, 2.45) is 0 Å². The number of thiazole rings is 1. The average molecular weight is 302 g/mol. The highest BCUT2D eigenvalue weighted by molar-refractivity contribution is 9.10. The van der Waals surface area contributed by atoms with Gasteiger partial charge in [0.05, 0.1) is 22.7 Å². The van der Waals surface area contributed by atoms with Gasteiger partial charge in [0.2, 0.25) is 0 Å². The van der Waals surface area contributed by atoms with Gasteiger partial charge in [-0.25, -0.2) is 4.98 Å². The van der Waals surface area contributed by atoms with Crippen molar-refractivity contribution in [3.05, 3.63) is 32.2 Å². The van der Waals surface area contributed by atoms with Crippen LogP contribution in [0.2, 0.25) is 0 Å². The molecule has 16 heavy (non-hydrogen) atoms. The van der Waals surface area contributed by atoms with Gasteiger partial charge in [0.15, 0.2) is 5.82 Å². The van der Waals surface area contributed by atoms with Gasteiger partial charge in [0.1, 0.15) is 4.47 Å². The number of hydrogen-bond acceptors (Lipinski definition) is 5. The molecule has 0 aliphatic heterocycles. The first-order valence-corrected chi connectivity index (χ1v) is 6.06. The second-order valence-electron chi connectivity index (χ2n) is 2.97. The van der Waals surface area contributed by atoms with E-state index in [9.17, 15) is 4.79 Å². The van der Waals surface area contributed by atoms with Crippen molar-refractivity contribution >= 4 is 27.3 Å². The summed E-state index contributed by atoms with van der Waals surface area (Å²) in [6, 6.07) is 0. The Labute approximate surface area is 104 Å². The summed E-state index contributed by atoms with van der Waals surface area (Å²) in [6.07, 6.45) is 1.66. The molecule has 0 bridgehead atoms. The molecular formula is C9H8BrN3O2S. The number of aromatic amines is 1. The fraction of sp³-hybridized carbons (Fsp3) is 0.222. The van der Waals surface area contributed by atoms with Crippen molar-refractivity contribution in [3.8, 4) is 10.7 Å². The SMILES string of the molecule is COCc1nc(-c2cncs2)[nH]c(=O)c1Br. The van der Waals surface area contributed by atoms with Gasteiger partial charge < -0.3 is 9.72 Å². The summed E-state index contributed by atoms with van der Waals surface area (Å²) in [5, 5.41) is 0. The lowest BCUT2D eigenvalue weighted by Crippen LogP contribution is -2.13. The number of ether oxygens (including phenoxy) is 1. The Hall–Kier alpha value is -1.05. The number of methoxy groups -OCH3 is 1. The maximum Gasteiger partial charge on any atom is 0.265 e. The molecule has 0 amide bonds. The largest absolute Gasteiger partial charge is 0.378 e. The average Bonchev–Trinajstić information content (AvgIpc) is 2.78. The summed E-state index contributed by atoms with van der Waals surface area (Å²) in [7, 11) is 1.56. The first kappa shape index (κ1) is 11.4. The predicted molar refractivity (Wildman–Crippen MR) is 64.4 cm³/mol. The fourth-order valence-corrected chi connectivity index (χ4v) is 2.05. The Morgan fingerprint density at radius 1 is 1.62 bits per heavy atom. The molecule has 2 rings (SSSR count). The molecule has 1 N–H and O–H groups in total. The number of rotatable bonds is 3. The van der Waals surface area contributed by atoms with Crippen molar-refractivity contribution in [1.29, 1.82) is 0 Å². The van der Waals surface area contributed by atoms with Gasteiger partial charge >= 0.3 is 0 Å². The minimum Gasteiger partial charge on any atom is -0.378 e. The standard InChI is InChI=1S/C9H8BrN3O2S/c1-15-3-5-7(10)9(14)13-8(12-5)6-2-11-4-16-6/h2,4H,3H2,1H3,(H,12,13,14). The van der Waals surface area contributed by atoms with Crippen molar-refractivity contribution in [2.45, 2.75) is 6.61 Å². The van der Waals surface area contributed by atoms with Crippen LogP contribution in [-0.4, -0.2) is 22.1 Å². The van der Waals surface area contributed by atoms with Crippen LogP contribution in [0.5, 0.6) is 0 Å². The third-order valence-corrected chi connectivity index (χ3v) is 3.48. The lowest BCUT2D eigenvalue weighted by atomic mass is 10.4. The highest BCUT2D eigenvalue weighted by Gasteiger charge is 2.10. The molecule has 0 aromatic carbocycles. The summed E-state index contributed by atoms with van der Waals surface area (Å²) >= 11 is 4.60. The van der Waals surface area contributed by atoms with Crippen molar-refractivity contribution < 1.29 is 4.74 Å². The molecule has 84 valence electrons. The molecule has 0 unspecified atom stereocenters. The Bertz CT molecular complexity index is 538. The zero-order valence-corrected chi connectivity index (χ0v) is 10.8. The van der Waals surface area contributed by atoms with Gasteiger partial charge in [0.25, 0.3) is 5.56 Å². The molecule has 5 nitrogen and oxygen atoms in total. The van der Waals surface area contributed by atoms with Crippen molar-refractivity contribution in [2.75, 3.05) is 7.11 Å². The minimum atomic E-state index is -0.217. The van der Waals surface area contributed by atoms with Crippen LogP contribution in [0.3, 0.4) is 0 Å². The van der Waals surface area contributed by atoms with Crippen LogP contribution in [0.25, 0.3) is 10.7 Å². The predicted octanol–water partition coefficient (Wildman–Crippen LogP) is 1.80. The van der Waals surface area contributed by atoms with E-state index < -0.39 is 0 Å². The molecule has 0 radical (unpaired) electrons. The number of hydrogen-bond donors (Lipinski definition) is 1. The lowest BCUT2D eigenvalue weighted by molar-refractivity contribution is 0.180. The van der Waals surface area contributed by atoms with E-state index in [1.165, 1.54) is 11.3 Å². The summed E-state index contributed by atoms with van der Waals surface area (Å²) < 4.78 is 5.38. The Kier molecular flexibility index (Phi) is 3.47. The third kappa shape index (κ3) is 2.21. The summed E-state index contributed by atoms with van der Waals surface area (Å²) in [5.41, 5.74) is 2.05. The van der Waals surface area contributed by atoms with Crippen LogP contribution in [0, 0.1) is 0 Å². The summed E-state index contributed by atoms with van der Waals surface area (Å²) in [6.45, 7) is 0.288. The van der Waals surface area contributed by atoms with E-state index in [2.05, 4.69) is 30.9 Å². The molecular weight excluding hydrogens is 294 g/mol. The molecule has 0 spiro atoms. The quantitative estimate of drug-likeness (QED) is 0.939. The maximum atomic E-state index is 11.6. The molecule has 0 saturated carbocycles. The van der Waals surface area contributed by atoms with Gasteiger partial charge in [-0.2, -0.15) is 0 Å². The Morgan fingerprint density at radius 3 is 3.06 bits per heavy atom. The zero-order chi connectivity index (χ0) is 11.5. The number of nitrogens with zero attached hydrogens (tertiary/aromatic N) is 2. The van der Waals surface area contributed by atoms with E-state index in [0.29, 0.717) is 16.0 Å². The number of H-pyrrole nitrogens is 1. The second-order valence-corrected chi connectivity index (χ2v) is 4.65. The van der Waals surface area contributed by atoms with Crippen LogP contribution in [-0.2, 0) is 11.3 Å². The topological polar surface area (TPSA) is 67.9 Å². The summed E-state index contributed by atoms with van der Waals surface area (Å²) in [4.78, 5) is 23.4. The van der Waals surface area contributed by atoms with Gasteiger partial charge in [-0.3, -0.25) is 9.78 Å². The molecule has 2 aromatic heterocycles. The molecule has 0 fully saturated rings. The molecule has 0 aliphatic carbocycles. The van der Waals surface area contributed by atoms with Crippen LogP contribution < -0.4 is 5.56 Å². The first-order valence-electron chi connectivity index (χ1n) is 4.39. The van der Waals surface area contributed by atoms with E-state index in [1.807, 2.05) is 0 Å². The number of halogens is 1. The smallest absolute Gasteiger partial charge is 0.265 e. The second kappa shape index (κ2) is 4.86. The van der Waals surface area contributed by atoms with Gasteiger partial charge in [-0.05, 0) is 15.9 Å². The van der Waals surface area contributed by atoms with Crippen molar-refractivity contribution in [1.82, 2.24) is 15.0 Å². The molecule has 0 atom stereocenters. The van der Waals surface area contributed by atoms with Gasteiger partial charge in [-0.1, -0.05) is 0 Å². The Balaban J connectivity index is 2.53. The van der Waals surface area contributed by atoms with Crippen molar-refractivity contribution in [3.63, 3.8) is 0 Å². The Morgan fingerprint density at radius 2 is 2.44 bits per heavy atom. The normalized spacial score (nSPS) is 10.6. The molecule has 0 aliphatic rings. The van der Waals surface area contributed by atoms with Crippen LogP contribution >= 0.6 is 27.3 Å². The monoisotopic (exact) mass is 301 g/mol. The van der Waals surface area contributed by atoms with E-state index in [0.717, 1.165) is 4.88 Å². The first-order chi connectivity index (χ1) is 7.72. The molecule has 0 saturated heterocycles. The number of aromatic nitrogens is 3. The highest BCUT2D eigenvalue weighted by Crippen LogP contribution is 2.20. The van der Waals surface area contributed by atoms with Crippen LogP contribution in [0.1, 0.15) is 5.69 Å². The zero-order valence-electron chi connectivity index (χ0n) is 8.36. The van der Waals surface area contributed by atoms with Gasteiger partial charge in [0, 0.05) is 13.3 Å².